The highest BCUT2D eigenvalue weighted by molar-refractivity contribution is 6.30. The van der Waals surface area contributed by atoms with Gasteiger partial charge in [-0.3, -0.25) is 4.79 Å². The second-order valence-electron chi connectivity index (χ2n) is 4.68. The average molecular weight is 290 g/mol. The summed E-state index contributed by atoms with van der Waals surface area (Å²) in [5.41, 5.74) is 8.32. The molecule has 4 heteroatoms. The van der Waals surface area contributed by atoms with Crippen LogP contribution in [0.3, 0.4) is 0 Å². The van der Waals surface area contributed by atoms with Gasteiger partial charge in [-0.2, -0.15) is 0 Å². The minimum absolute atomic E-state index is 0.505. The van der Waals surface area contributed by atoms with Gasteiger partial charge in [0, 0.05) is 10.7 Å². The summed E-state index contributed by atoms with van der Waals surface area (Å²) in [5.74, 6) is -1.38. The van der Waals surface area contributed by atoms with Gasteiger partial charge >= 0.3 is 5.97 Å². The molecule has 0 bridgehead atoms. The summed E-state index contributed by atoms with van der Waals surface area (Å²) in [6.07, 6.45) is 1.14. The zero-order valence-electron chi connectivity index (χ0n) is 10.9. The molecule has 0 unspecified atom stereocenters. The summed E-state index contributed by atoms with van der Waals surface area (Å²) < 4.78 is 0. The van der Waals surface area contributed by atoms with Gasteiger partial charge in [0.15, 0.2) is 0 Å². The van der Waals surface area contributed by atoms with Crippen LogP contribution < -0.4 is 5.73 Å². The van der Waals surface area contributed by atoms with E-state index in [0.29, 0.717) is 23.6 Å². The number of rotatable bonds is 5. The third kappa shape index (κ3) is 3.52. The van der Waals surface area contributed by atoms with Crippen molar-refractivity contribution in [3.63, 3.8) is 0 Å². The zero-order chi connectivity index (χ0) is 14.5. The first-order chi connectivity index (χ1) is 9.58. The van der Waals surface area contributed by atoms with Gasteiger partial charge in [0.25, 0.3) is 0 Å². The van der Waals surface area contributed by atoms with Crippen LogP contribution in [0.2, 0.25) is 5.02 Å². The van der Waals surface area contributed by atoms with E-state index >= 15 is 0 Å². The van der Waals surface area contributed by atoms with Crippen molar-refractivity contribution < 1.29 is 9.90 Å². The Bertz CT molecular complexity index is 596. The Morgan fingerprint density at radius 1 is 1.15 bits per heavy atom. The highest BCUT2D eigenvalue weighted by Gasteiger charge is 2.19. The van der Waals surface area contributed by atoms with E-state index in [4.69, 9.17) is 17.3 Å². The molecule has 0 aromatic heterocycles. The van der Waals surface area contributed by atoms with Gasteiger partial charge in [0.2, 0.25) is 0 Å². The van der Waals surface area contributed by atoms with Gasteiger partial charge in [-0.25, -0.2) is 0 Å². The molecule has 2 rings (SSSR count). The van der Waals surface area contributed by atoms with Gasteiger partial charge in [0.05, 0.1) is 5.92 Å². The summed E-state index contributed by atoms with van der Waals surface area (Å²) in [7, 11) is 0. The Hall–Kier alpha value is -2.00. The number of hydrogen-bond donors (Lipinski definition) is 2. The normalized spacial score (nSPS) is 12.1. The number of halogens is 1. The number of benzene rings is 2. The molecule has 0 heterocycles. The van der Waals surface area contributed by atoms with E-state index in [9.17, 15) is 9.90 Å². The van der Waals surface area contributed by atoms with Crippen LogP contribution in [0.1, 0.15) is 23.5 Å². The van der Waals surface area contributed by atoms with E-state index in [1.54, 1.807) is 24.3 Å². The summed E-state index contributed by atoms with van der Waals surface area (Å²) in [4.78, 5) is 11.4. The molecule has 0 spiro atoms. The summed E-state index contributed by atoms with van der Waals surface area (Å²) in [6, 6.07) is 14.5. The summed E-state index contributed by atoms with van der Waals surface area (Å²) in [5, 5.41) is 9.98. The van der Waals surface area contributed by atoms with E-state index in [2.05, 4.69) is 0 Å². The molecule has 0 amide bonds. The van der Waals surface area contributed by atoms with Crippen LogP contribution in [0, 0.1) is 0 Å². The average Bonchev–Trinajstić information content (AvgIpc) is 2.42. The standard InChI is InChI=1S/C16H16ClNO2/c17-13-8-5-11(6-9-13)14(16(19)20)10-7-12-3-1-2-4-15(12)18/h1-6,8-9,14H,7,10,18H2,(H,19,20)/t14-/m0/s1. The van der Waals surface area contributed by atoms with E-state index < -0.39 is 11.9 Å². The van der Waals surface area contributed by atoms with Gasteiger partial charge in [0.1, 0.15) is 0 Å². The molecule has 0 saturated carbocycles. The molecule has 0 aliphatic heterocycles. The second-order valence-corrected chi connectivity index (χ2v) is 5.12. The first-order valence-electron chi connectivity index (χ1n) is 6.39. The SMILES string of the molecule is Nc1ccccc1CC[C@H](C(=O)O)c1ccc(Cl)cc1. The molecule has 2 aromatic carbocycles. The fraction of sp³-hybridized carbons (Fsp3) is 0.188. The number of carboxylic acid groups (broad SMARTS) is 1. The molecular weight excluding hydrogens is 274 g/mol. The van der Waals surface area contributed by atoms with Crippen molar-refractivity contribution in [3.05, 3.63) is 64.7 Å². The second kappa shape index (κ2) is 6.44. The summed E-state index contributed by atoms with van der Waals surface area (Å²) in [6.45, 7) is 0. The maximum atomic E-state index is 11.4. The quantitative estimate of drug-likeness (QED) is 0.825. The minimum Gasteiger partial charge on any atom is -0.481 e. The highest BCUT2D eigenvalue weighted by Crippen LogP contribution is 2.25. The lowest BCUT2D eigenvalue weighted by atomic mass is 9.92. The molecule has 104 valence electrons. The predicted octanol–water partition coefficient (Wildman–Crippen LogP) is 3.72. The Kier molecular flexibility index (Phi) is 4.64. The third-order valence-electron chi connectivity index (χ3n) is 3.33. The van der Waals surface area contributed by atoms with E-state index in [1.165, 1.54) is 0 Å². The van der Waals surface area contributed by atoms with Crippen molar-refractivity contribution in [1.82, 2.24) is 0 Å². The highest BCUT2D eigenvalue weighted by atomic mass is 35.5. The van der Waals surface area contributed by atoms with Crippen molar-refractivity contribution in [1.29, 1.82) is 0 Å². The number of aliphatic carboxylic acids is 1. The third-order valence-corrected chi connectivity index (χ3v) is 3.58. The lowest BCUT2D eigenvalue weighted by Crippen LogP contribution is -2.13. The van der Waals surface area contributed by atoms with E-state index in [-0.39, 0.29) is 0 Å². The van der Waals surface area contributed by atoms with Crippen molar-refractivity contribution in [2.24, 2.45) is 0 Å². The molecule has 20 heavy (non-hydrogen) atoms. The van der Waals surface area contributed by atoms with Crippen LogP contribution in [0.15, 0.2) is 48.5 Å². The largest absolute Gasteiger partial charge is 0.481 e. The monoisotopic (exact) mass is 289 g/mol. The number of anilines is 1. The number of nitrogen functional groups attached to an aromatic ring is 1. The number of aryl methyl sites for hydroxylation is 1. The number of nitrogens with two attached hydrogens (primary N) is 1. The first-order valence-corrected chi connectivity index (χ1v) is 6.77. The molecule has 0 fully saturated rings. The maximum absolute atomic E-state index is 11.4. The molecule has 3 N–H and O–H groups in total. The molecule has 3 nitrogen and oxygen atoms in total. The van der Waals surface area contributed by atoms with E-state index in [1.807, 2.05) is 24.3 Å². The van der Waals surface area contributed by atoms with Crippen LogP contribution in [-0.2, 0) is 11.2 Å². The van der Waals surface area contributed by atoms with Crippen LogP contribution >= 0.6 is 11.6 Å². The topological polar surface area (TPSA) is 63.3 Å². The lowest BCUT2D eigenvalue weighted by molar-refractivity contribution is -0.138. The van der Waals surface area contributed by atoms with Crippen LogP contribution in [-0.4, -0.2) is 11.1 Å². The van der Waals surface area contributed by atoms with Gasteiger partial charge in [-0.05, 0) is 42.2 Å². The van der Waals surface area contributed by atoms with Crippen molar-refractivity contribution in [3.8, 4) is 0 Å². The molecular formula is C16H16ClNO2. The van der Waals surface area contributed by atoms with Gasteiger partial charge in [-0.1, -0.05) is 41.9 Å². The number of hydrogen-bond acceptors (Lipinski definition) is 2. The molecule has 2 aromatic rings. The van der Waals surface area contributed by atoms with E-state index in [0.717, 1.165) is 11.1 Å². The van der Waals surface area contributed by atoms with Gasteiger partial charge < -0.3 is 10.8 Å². The molecule has 1 atom stereocenters. The van der Waals surface area contributed by atoms with Crippen LogP contribution in [0.25, 0.3) is 0 Å². The van der Waals surface area contributed by atoms with Crippen LogP contribution in [0.5, 0.6) is 0 Å². The zero-order valence-corrected chi connectivity index (χ0v) is 11.7. The lowest BCUT2D eigenvalue weighted by Gasteiger charge is -2.13. The molecule has 0 aliphatic rings. The van der Waals surface area contributed by atoms with Crippen molar-refractivity contribution in [2.45, 2.75) is 18.8 Å². The van der Waals surface area contributed by atoms with Crippen molar-refractivity contribution in [2.75, 3.05) is 5.73 Å². The van der Waals surface area contributed by atoms with Crippen molar-refractivity contribution >= 4 is 23.3 Å². The number of carbonyl (C=O) groups is 1. The Labute approximate surface area is 123 Å². The predicted molar refractivity (Wildman–Crippen MR) is 81.0 cm³/mol. The molecule has 0 aliphatic carbocycles. The fourth-order valence-electron chi connectivity index (χ4n) is 2.19. The molecule has 0 radical (unpaired) electrons. The smallest absolute Gasteiger partial charge is 0.310 e. The van der Waals surface area contributed by atoms with Gasteiger partial charge in [-0.15, -0.1) is 0 Å². The fourth-order valence-corrected chi connectivity index (χ4v) is 2.32. The summed E-state index contributed by atoms with van der Waals surface area (Å²) >= 11 is 5.83. The van der Waals surface area contributed by atoms with Crippen LogP contribution in [0.4, 0.5) is 5.69 Å². The number of para-hydroxylation sites is 1. The number of carboxylic acids is 1. The maximum Gasteiger partial charge on any atom is 0.310 e. The Morgan fingerprint density at radius 2 is 1.80 bits per heavy atom. The Balaban J connectivity index is 2.13. The first kappa shape index (κ1) is 14.4. The minimum atomic E-state index is -0.832. The molecule has 0 saturated heterocycles. The Morgan fingerprint density at radius 3 is 2.40 bits per heavy atom.